The van der Waals surface area contributed by atoms with E-state index in [1.54, 1.807) is 4.90 Å². The van der Waals surface area contributed by atoms with Crippen molar-refractivity contribution in [3.05, 3.63) is 0 Å². The van der Waals surface area contributed by atoms with Gasteiger partial charge in [0.2, 0.25) is 0 Å². The van der Waals surface area contributed by atoms with E-state index >= 15 is 0 Å². The third-order valence-electron chi connectivity index (χ3n) is 1.81. The van der Waals surface area contributed by atoms with Crippen LogP contribution in [0.3, 0.4) is 0 Å². The number of carbonyl (C=O) groups is 1. The molecule has 4 heteroatoms. The summed E-state index contributed by atoms with van der Waals surface area (Å²) in [4.78, 5) is 12.0. The molecule has 0 spiro atoms. The van der Waals surface area contributed by atoms with Crippen LogP contribution < -0.4 is 5.73 Å². The maximum Gasteiger partial charge on any atom is 0.314 e. The minimum absolute atomic E-state index is 0.206. The molecule has 0 aromatic rings. The van der Waals surface area contributed by atoms with Gasteiger partial charge in [-0.15, -0.1) is 0 Å². The molecule has 0 atom stereocenters. The van der Waals surface area contributed by atoms with E-state index < -0.39 is 0 Å². The number of carbonyl (C=O) groups excluding carboxylic acids is 1. The third-order valence-corrected chi connectivity index (χ3v) is 1.81. The molecule has 0 unspecified atom stereocenters. The standard InChI is InChI=1S/C6H12N2O2/c7-6(10)8-3-5(4-8)1-2-9/h5,9H,1-4H2,(H2,7,10). The second-order valence-electron chi connectivity index (χ2n) is 2.62. The lowest BCUT2D eigenvalue weighted by molar-refractivity contribution is 0.107. The van der Waals surface area contributed by atoms with Crippen LogP contribution in [0, 0.1) is 5.92 Å². The molecule has 0 radical (unpaired) electrons. The minimum atomic E-state index is -0.353. The van der Waals surface area contributed by atoms with Crippen molar-refractivity contribution >= 4 is 6.03 Å². The number of amides is 2. The molecular weight excluding hydrogens is 132 g/mol. The number of urea groups is 1. The first-order valence-electron chi connectivity index (χ1n) is 3.39. The van der Waals surface area contributed by atoms with Gasteiger partial charge in [-0.3, -0.25) is 0 Å². The van der Waals surface area contributed by atoms with Crippen LogP contribution in [0.4, 0.5) is 4.79 Å². The monoisotopic (exact) mass is 144 g/mol. The Morgan fingerprint density at radius 3 is 2.70 bits per heavy atom. The zero-order valence-electron chi connectivity index (χ0n) is 5.79. The lowest BCUT2D eigenvalue weighted by Gasteiger charge is -2.37. The number of aliphatic hydroxyl groups is 1. The van der Waals surface area contributed by atoms with E-state index in [4.69, 9.17) is 10.8 Å². The summed E-state index contributed by atoms with van der Waals surface area (Å²) in [5, 5.41) is 8.49. The van der Waals surface area contributed by atoms with E-state index in [9.17, 15) is 4.79 Å². The fourth-order valence-electron chi connectivity index (χ4n) is 1.11. The Hall–Kier alpha value is -0.770. The first-order chi connectivity index (χ1) is 4.74. The fourth-order valence-corrected chi connectivity index (χ4v) is 1.11. The Balaban J connectivity index is 2.12. The Labute approximate surface area is 59.6 Å². The zero-order valence-corrected chi connectivity index (χ0v) is 5.79. The maximum absolute atomic E-state index is 10.4. The lowest BCUT2D eigenvalue weighted by atomic mass is 9.97. The maximum atomic E-state index is 10.4. The molecule has 0 aliphatic carbocycles. The number of likely N-dealkylation sites (tertiary alicyclic amines) is 1. The number of hydrogen-bond donors (Lipinski definition) is 2. The average molecular weight is 144 g/mol. The molecule has 10 heavy (non-hydrogen) atoms. The van der Waals surface area contributed by atoms with E-state index in [2.05, 4.69) is 0 Å². The van der Waals surface area contributed by atoms with Gasteiger partial charge < -0.3 is 15.7 Å². The van der Waals surface area contributed by atoms with Crippen molar-refractivity contribution in [2.75, 3.05) is 19.7 Å². The summed E-state index contributed by atoms with van der Waals surface area (Å²) in [7, 11) is 0. The lowest BCUT2D eigenvalue weighted by Crippen LogP contribution is -2.52. The highest BCUT2D eigenvalue weighted by Gasteiger charge is 2.28. The van der Waals surface area contributed by atoms with Crippen molar-refractivity contribution in [3.8, 4) is 0 Å². The Bertz CT molecular complexity index is 132. The summed E-state index contributed by atoms with van der Waals surface area (Å²) in [5.41, 5.74) is 4.98. The van der Waals surface area contributed by atoms with Crippen LogP contribution in [0.2, 0.25) is 0 Å². The van der Waals surface area contributed by atoms with E-state index in [0.29, 0.717) is 5.92 Å². The summed E-state index contributed by atoms with van der Waals surface area (Å²) in [6.45, 7) is 1.64. The van der Waals surface area contributed by atoms with Gasteiger partial charge in [0.1, 0.15) is 0 Å². The Morgan fingerprint density at radius 2 is 2.30 bits per heavy atom. The molecule has 1 aliphatic rings. The highest BCUT2D eigenvalue weighted by atomic mass is 16.3. The van der Waals surface area contributed by atoms with E-state index in [-0.39, 0.29) is 12.6 Å². The number of hydrogen-bond acceptors (Lipinski definition) is 2. The first-order valence-corrected chi connectivity index (χ1v) is 3.39. The van der Waals surface area contributed by atoms with Crippen LogP contribution >= 0.6 is 0 Å². The van der Waals surface area contributed by atoms with Gasteiger partial charge >= 0.3 is 6.03 Å². The second-order valence-corrected chi connectivity index (χ2v) is 2.62. The van der Waals surface area contributed by atoms with Crippen molar-refractivity contribution in [2.24, 2.45) is 11.7 Å². The van der Waals surface area contributed by atoms with Gasteiger partial charge in [0, 0.05) is 19.7 Å². The van der Waals surface area contributed by atoms with Crippen LogP contribution in [-0.4, -0.2) is 35.7 Å². The number of nitrogens with zero attached hydrogens (tertiary/aromatic N) is 1. The molecule has 1 rings (SSSR count). The average Bonchev–Trinajstić information content (AvgIpc) is 1.76. The number of primary amides is 1. The minimum Gasteiger partial charge on any atom is -0.396 e. The molecule has 3 N–H and O–H groups in total. The van der Waals surface area contributed by atoms with Gasteiger partial charge in [-0.05, 0) is 12.3 Å². The summed E-state index contributed by atoms with van der Waals surface area (Å²) < 4.78 is 0. The first kappa shape index (κ1) is 7.34. The van der Waals surface area contributed by atoms with Crippen LogP contribution in [0.25, 0.3) is 0 Å². The topological polar surface area (TPSA) is 66.6 Å². The van der Waals surface area contributed by atoms with Crippen molar-refractivity contribution in [1.82, 2.24) is 4.90 Å². The van der Waals surface area contributed by atoms with E-state index in [0.717, 1.165) is 19.5 Å². The summed E-state index contributed by atoms with van der Waals surface area (Å²) >= 11 is 0. The molecular formula is C6H12N2O2. The van der Waals surface area contributed by atoms with Gasteiger partial charge in [0.05, 0.1) is 0 Å². The molecule has 1 aliphatic heterocycles. The van der Waals surface area contributed by atoms with Crippen molar-refractivity contribution in [1.29, 1.82) is 0 Å². The number of rotatable bonds is 2. The Morgan fingerprint density at radius 1 is 1.70 bits per heavy atom. The molecule has 1 fully saturated rings. The van der Waals surface area contributed by atoms with Crippen LogP contribution in [0.5, 0.6) is 0 Å². The van der Waals surface area contributed by atoms with Gasteiger partial charge in [-0.2, -0.15) is 0 Å². The van der Waals surface area contributed by atoms with Gasteiger partial charge in [0.15, 0.2) is 0 Å². The molecule has 4 nitrogen and oxygen atoms in total. The van der Waals surface area contributed by atoms with Crippen molar-refractivity contribution < 1.29 is 9.90 Å². The van der Waals surface area contributed by atoms with E-state index in [1.165, 1.54) is 0 Å². The fraction of sp³-hybridized carbons (Fsp3) is 0.833. The van der Waals surface area contributed by atoms with Gasteiger partial charge in [-0.1, -0.05) is 0 Å². The van der Waals surface area contributed by atoms with Gasteiger partial charge in [-0.25, -0.2) is 4.79 Å². The predicted octanol–water partition coefficient (Wildman–Crippen LogP) is -0.621. The SMILES string of the molecule is NC(=O)N1CC(CCO)C1. The van der Waals surface area contributed by atoms with Crippen LogP contribution in [0.1, 0.15) is 6.42 Å². The highest BCUT2D eigenvalue weighted by molar-refractivity contribution is 5.72. The smallest absolute Gasteiger partial charge is 0.314 e. The van der Waals surface area contributed by atoms with Crippen LogP contribution in [0.15, 0.2) is 0 Å². The summed E-state index contributed by atoms with van der Waals surface area (Å²) in [6, 6.07) is -0.353. The van der Waals surface area contributed by atoms with E-state index in [1.807, 2.05) is 0 Å². The molecule has 0 aromatic heterocycles. The molecule has 0 aromatic carbocycles. The number of nitrogens with two attached hydrogens (primary N) is 1. The van der Waals surface area contributed by atoms with Crippen molar-refractivity contribution in [3.63, 3.8) is 0 Å². The summed E-state index contributed by atoms with van der Waals surface area (Å²) in [6.07, 6.45) is 0.782. The second kappa shape index (κ2) is 2.88. The molecule has 0 bridgehead atoms. The predicted molar refractivity (Wildman–Crippen MR) is 36.3 cm³/mol. The Kier molecular flexibility index (Phi) is 2.11. The zero-order chi connectivity index (χ0) is 7.56. The van der Waals surface area contributed by atoms with Crippen LogP contribution in [-0.2, 0) is 0 Å². The molecule has 58 valence electrons. The molecule has 2 amide bonds. The largest absolute Gasteiger partial charge is 0.396 e. The summed E-state index contributed by atoms with van der Waals surface area (Å²) in [5.74, 6) is 0.470. The quantitative estimate of drug-likeness (QED) is 0.542. The molecule has 0 saturated carbocycles. The van der Waals surface area contributed by atoms with Crippen molar-refractivity contribution in [2.45, 2.75) is 6.42 Å². The third kappa shape index (κ3) is 1.39. The molecule has 1 saturated heterocycles. The molecule has 1 heterocycles. The van der Waals surface area contributed by atoms with Gasteiger partial charge in [0.25, 0.3) is 0 Å². The normalized spacial score (nSPS) is 18.7. The number of aliphatic hydroxyl groups excluding tert-OH is 1. The highest BCUT2D eigenvalue weighted by Crippen LogP contribution is 2.17.